The van der Waals surface area contributed by atoms with Gasteiger partial charge >= 0.3 is 0 Å². The first-order chi connectivity index (χ1) is 14.4. The molecule has 2 aliphatic rings. The molecule has 2 atom stereocenters. The summed E-state index contributed by atoms with van der Waals surface area (Å²) in [6.07, 6.45) is 6.42. The Bertz CT molecular complexity index is 999. The van der Waals surface area contributed by atoms with Crippen LogP contribution < -0.4 is 15.8 Å². The van der Waals surface area contributed by atoms with E-state index in [1.165, 1.54) is 43.4 Å². The zero-order valence-electron chi connectivity index (χ0n) is 16.9. The summed E-state index contributed by atoms with van der Waals surface area (Å²) in [6, 6.07) is 4.59. The molecule has 7 nitrogen and oxygen atoms in total. The molecule has 1 aliphatic carbocycles. The van der Waals surface area contributed by atoms with Gasteiger partial charge in [0, 0.05) is 22.4 Å². The number of hydrogen-bond acceptors (Lipinski definition) is 7. The van der Waals surface area contributed by atoms with Crippen LogP contribution in [0.15, 0.2) is 35.6 Å². The summed E-state index contributed by atoms with van der Waals surface area (Å²) in [7, 11) is 1.47. The number of aromatic nitrogens is 2. The molecular weight excluding hydrogens is 405 g/mol. The SMILES string of the molecule is COc1cnc(C(=O)Nc2ccc(F)c([C@]34CCCC[C@@]3(C)CSC(N)=N4)c2)cn1. The monoisotopic (exact) mass is 429 g/mol. The summed E-state index contributed by atoms with van der Waals surface area (Å²) in [5.74, 6) is 0.333. The minimum atomic E-state index is -0.731. The number of benzene rings is 1. The van der Waals surface area contributed by atoms with Crippen molar-refractivity contribution < 1.29 is 13.9 Å². The molecule has 30 heavy (non-hydrogen) atoms. The minimum absolute atomic E-state index is 0.138. The van der Waals surface area contributed by atoms with Crippen molar-refractivity contribution in [3.63, 3.8) is 0 Å². The molecule has 1 aromatic heterocycles. The minimum Gasteiger partial charge on any atom is -0.480 e. The van der Waals surface area contributed by atoms with Crippen molar-refractivity contribution >= 4 is 28.5 Å². The largest absolute Gasteiger partial charge is 0.480 e. The van der Waals surface area contributed by atoms with Crippen molar-refractivity contribution in [2.75, 3.05) is 18.2 Å². The second-order valence-corrected chi connectivity index (χ2v) is 8.96. The van der Waals surface area contributed by atoms with Gasteiger partial charge in [0.05, 0.1) is 25.0 Å². The third kappa shape index (κ3) is 3.51. The first-order valence-corrected chi connectivity index (χ1v) is 10.8. The molecule has 1 saturated carbocycles. The van der Waals surface area contributed by atoms with Crippen LogP contribution in [0.5, 0.6) is 5.88 Å². The maximum absolute atomic E-state index is 15.1. The van der Waals surface area contributed by atoms with E-state index in [1.54, 1.807) is 6.07 Å². The van der Waals surface area contributed by atoms with Crippen LogP contribution in [0.4, 0.5) is 10.1 Å². The number of amidine groups is 1. The number of nitrogens with two attached hydrogens (primary N) is 1. The van der Waals surface area contributed by atoms with Gasteiger partial charge in [-0.1, -0.05) is 31.5 Å². The van der Waals surface area contributed by atoms with Gasteiger partial charge in [0.1, 0.15) is 11.5 Å². The molecule has 0 saturated heterocycles. The fourth-order valence-electron chi connectivity index (χ4n) is 4.41. The van der Waals surface area contributed by atoms with E-state index in [2.05, 4.69) is 22.2 Å². The Morgan fingerprint density at radius 1 is 1.27 bits per heavy atom. The number of carbonyl (C=O) groups excluding carboxylic acids is 1. The Balaban J connectivity index is 1.69. The number of fused-ring (bicyclic) bond motifs is 1. The Labute approximate surface area is 178 Å². The quantitative estimate of drug-likeness (QED) is 0.768. The number of rotatable bonds is 4. The van der Waals surface area contributed by atoms with Gasteiger partial charge in [-0.25, -0.2) is 14.4 Å². The fraction of sp³-hybridized carbons (Fsp3) is 0.429. The molecule has 2 heterocycles. The zero-order chi connectivity index (χ0) is 21.4. The van der Waals surface area contributed by atoms with E-state index in [9.17, 15) is 4.79 Å². The Hall–Kier alpha value is -2.68. The highest BCUT2D eigenvalue weighted by Gasteiger charge is 2.54. The molecule has 1 amide bonds. The van der Waals surface area contributed by atoms with Gasteiger partial charge in [0.15, 0.2) is 5.17 Å². The van der Waals surface area contributed by atoms with E-state index in [4.69, 9.17) is 15.5 Å². The normalized spacial score (nSPS) is 25.8. The molecule has 0 radical (unpaired) electrons. The second-order valence-electron chi connectivity index (χ2n) is 7.96. The lowest BCUT2D eigenvalue weighted by atomic mass is 9.60. The third-order valence-corrected chi connectivity index (χ3v) is 7.26. The summed E-state index contributed by atoms with van der Waals surface area (Å²) in [5, 5.41) is 3.27. The molecule has 3 N–H and O–H groups in total. The first-order valence-electron chi connectivity index (χ1n) is 9.82. The van der Waals surface area contributed by atoms with Gasteiger partial charge in [0.2, 0.25) is 5.88 Å². The van der Waals surface area contributed by atoms with Crippen LogP contribution in [0.3, 0.4) is 0 Å². The van der Waals surface area contributed by atoms with Crippen molar-refractivity contribution in [3.05, 3.63) is 47.7 Å². The molecular formula is C21H24FN5O2S. The second kappa shape index (κ2) is 7.86. The van der Waals surface area contributed by atoms with Gasteiger partial charge in [-0.3, -0.25) is 9.79 Å². The number of ether oxygens (including phenoxy) is 1. The molecule has 0 bridgehead atoms. The van der Waals surface area contributed by atoms with E-state index >= 15 is 4.39 Å². The molecule has 9 heteroatoms. The van der Waals surface area contributed by atoms with Gasteiger partial charge < -0.3 is 15.8 Å². The summed E-state index contributed by atoms with van der Waals surface area (Å²) in [6.45, 7) is 2.16. The number of nitrogens with zero attached hydrogens (tertiary/aromatic N) is 3. The lowest BCUT2D eigenvalue weighted by molar-refractivity contribution is 0.0999. The predicted molar refractivity (Wildman–Crippen MR) is 115 cm³/mol. The number of amides is 1. The van der Waals surface area contributed by atoms with Gasteiger partial charge in [0.25, 0.3) is 5.91 Å². The van der Waals surface area contributed by atoms with Gasteiger partial charge in [-0.2, -0.15) is 0 Å². The lowest BCUT2D eigenvalue weighted by Gasteiger charge is -2.52. The topological polar surface area (TPSA) is 102 Å². The zero-order valence-corrected chi connectivity index (χ0v) is 17.8. The highest BCUT2D eigenvalue weighted by Crippen LogP contribution is 2.57. The third-order valence-electron chi connectivity index (χ3n) is 6.10. The average molecular weight is 430 g/mol. The number of hydrogen-bond donors (Lipinski definition) is 2. The van der Waals surface area contributed by atoms with E-state index in [0.29, 0.717) is 22.3 Å². The number of aliphatic imine (C=N–C) groups is 1. The Morgan fingerprint density at radius 2 is 2.07 bits per heavy atom. The van der Waals surface area contributed by atoms with E-state index in [-0.39, 0.29) is 16.9 Å². The first kappa shape index (κ1) is 20.6. The number of thioether (sulfide) groups is 1. The van der Waals surface area contributed by atoms with Crippen LogP contribution in [0, 0.1) is 11.2 Å². The number of anilines is 1. The van der Waals surface area contributed by atoms with Gasteiger partial charge in [-0.15, -0.1) is 0 Å². The van der Waals surface area contributed by atoms with Crippen LogP contribution in [0.2, 0.25) is 0 Å². The van der Waals surface area contributed by atoms with Crippen molar-refractivity contribution in [2.45, 2.75) is 38.1 Å². The van der Waals surface area contributed by atoms with Crippen molar-refractivity contribution in [2.24, 2.45) is 16.1 Å². The number of methoxy groups -OCH3 is 1. The standard InChI is InChI=1S/C21H24FN5O2S/c1-20-7-3-4-8-21(20,27-19(23)30-12-20)14-9-13(5-6-15(14)22)26-18(28)16-10-25-17(29-2)11-24-16/h5-6,9-11H,3-4,7-8,12H2,1-2H3,(H2,23,27)(H,26,28)/t20-,21+/m0/s1. The molecule has 158 valence electrons. The maximum atomic E-state index is 15.1. The van der Waals surface area contributed by atoms with E-state index in [1.807, 2.05) is 0 Å². The van der Waals surface area contributed by atoms with Crippen LogP contribution in [0.25, 0.3) is 0 Å². The smallest absolute Gasteiger partial charge is 0.275 e. The highest BCUT2D eigenvalue weighted by molar-refractivity contribution is 8.13. The molecule has 0 spiro atoms. The van der Waals surface area contributed by atoms with Crippen LogP contribution in [0.1, 0.15) is 48.7 Å². The van der Waals surface area contributed by atoms with Crippen molar-refractivity contribution in [1.29, 1.82) is 0 Å². The van der Waals surface area contributed by atoms with Gasteiger partial charge in [-0.05, 0) is 31.0 Å². The molecule has 0 unspecified atom stereocenters. The van der Waals surface area contributed by atoms with E-state index in [0.717, 1.165) is 31.4 Å². The molecule has 1 aromatic carbocycles. The fourth-order valence-corrected chi connectivity index (χ4v) is 5.48. The summed E-state index contributed by atoms with van der Waals surface area (Å²) in [5.41, 5.74) is 6.24. The number of carbonyl (C=O) groups is 1. The Kier molecular flexibility index (Phi) is 5.40. The van der Waals surface area contributed by atoms with Crippen LogP contribution >= 0.6 is 11.8 Å². The summed E-state index contributed by atoms with van der Waals surface area (Å²) in [4.78, 5) is 25.4. The molecule has 1 fully saturated rings. The molecule has 4 rings (SSSR count). The van der Waals surface area contributed by atoms with Crippen molar-refractivity contribution in [1.82, 2.24) is 9.97 Å². The highest BCUT2D eigenvalue weighted by atomic mass is 32.2. The molecule has 1 aliphatic heterocycles. The van der Waals surface area contributed by atoms with Crippen LogP contribution in [-0.4, -0.2) is 33.9 Å². The number of halogens is 1. The predicted octanol–water partition coefficient (Wildman–Crippen LogP) is 3.71. The van der Waals surface area contributed by atoms with Crippen LogP contribution in [-0.2, 0) is 5.54 Å². The van der Waals surface area contributed by atoms with Crippen molar-refractivity contribution in [3.8, 4) is 5.88 Å². The maximum Gasteiger partial charge on any atom is 0.275 e. The summed E-state index contributed by atoms with van der Waals surface area (Å²) >= 11 is 1.53. The molecule has 2 aromatic rings. The average Bonchev–Trinajstić information content (AvgIpc) is 2.75. The Morgan fingerprint density at radius 3 is 2.80 bits per heavy atom. The summed E-state index contributed by atoms with van der Waals surface area (Å²) < 4.78 is 20.1. The lowest BCUT2D eigenvalue weighted by Crippen LogP contribution is -2.50. The van der Waals surface area contributed by atoms with E-state index < -0.39 is 11.4 Å². The number of nitrogens with one attached hydrogen (secondary N) is 1.